The second kappa shape index (κ2) is 8.82. The lowest BCUT2D eigenvalue weighted by atomic mass is 10.1. The van der Waals surface area contributed by atoms with Gasteiger partial charge in [-0.05, 0) is 61.3 Å². The SMILES string of the molecule is COc1cccc(C(CNS(=O)(=O)Cc2ccc(F)cc2)N2CCCC2)c1. The van der Waals surface area contributed by atoms with E-state index in [0.29, 0.717) is 5.56 Å². The number of ether oxygens (including phenoxy) is 1. The molecule has 7 heteroatoms. The highest BCUT2D eigenvalue weighted by molar-refractivity contribution is 7.88. The molecule has 1 unspecified atom stereocenters. The van der Waals surface area contributed by atoms with Crippen molar-refractivity contribution in [2.45, 2.75) is 24.6 Å². The fourth-order valence-corrected chi connectivity index (χ4v) is 4.56. The largest absolute Gasteiger partial charge is 0.497 e. The second-order valence-electron chi connectivity index (χ2n) is 6.77. The van der Waals surface area contributed by atoms with E-state index in [1.807, 2.05) is 24.3 Å². The number of likely N-dealkylation sites (tertiary alicyclic amines) is 1. The van der Waals surface area contributed by atoms with E-state index in [1.165, 1.54) is 24.3 Å². The highest BCUT2D eigenvalue weighted by atomic mass is 32.2. The van der Waals surface area contributed by atoms with Crippen molar-refractivity contribution < 1.29 is 17.5 Å². The van der Waals surface area contributed by atoms with Gasteiger partial charge in [0.05, 0.1) is 12.9 Å². The van der Waals surface area contributed by atoms with Gasteiger partial charge >= 0.3 is 0 Å². The minimum Gasteiger partial charge on any atom is -0.497 e. The molecular formula is C20H25FN2O3S. The molecule has 27 heavy (non-hydrogen) atoms. The first-order valence-corrected chi connectivity index (χ1v) is 10.7. The molecule has 146 valence electrons. The van der Waals surface area contributed by atoms with Crippen LogP contribution in [0.1, 0.15) is 30.0 Å². The molecule has 1 fully saturated rings. The molecule has 0 radical (unpaired) electrons. The number of nitrogens with zero attached hydrogens (tertiary/aromatic N) is 1. The van der Waals surface area contributed by atoms with Crippen molar-refractivity contribution in [1.82, 2.24) is 9.62 Å². The third-order valence-electron chi connectivity index (χ3n) is 4.83. The Morgan fingerprint density at radius 3 is 2.52 bits per heavy atom. The van der Waals surface area contributed by atoms with E-state index in [0.717, 1.165) is 37.2 Å². The zero-order chi connectivity index (χ0) is 19.3. The van der Waals surface area contributed by atoms with Crippen LogP contribution in [0.2, 0.25) is 0 Å². The smallest absolute Gasteiger partial charge is 0.215 e. The van der Waals surface area contributed by atoms with E-state index >= 15 is 0 Å². The van der Waals surface area contributed by atoms with Crippen LogP contribution >= 0.6 is 0 Å². The lowest BCUT2D eigenvalue weighted by Gasteiger charge is -2.28. The molecule has 2 aromatic rings. The number of rotatable bonds is 8. The third kappa shape index (κ3) is 5.51. The molecule has 5 nitrogen and oxygen atoms in total. The van der Waals surface area contributed by atoms with Gasteiger partial charge in [0.15, 0.2) is 0 Å². The van der Waals surface area contributed by atoms with Crippen LogP contribution in [0.15, 0.2) is 48.5 Å². The molecule has 1 aliphatic rings. The Labute approximate surface area is 160 Å². The molecule has 0 bridgehead atoms. The maximum absolute atomic E-state index is 13.0. The van der Waals surface area contributed by atoms with Crippen molar-refractivity contribution >= 4 is 10.0 Å². The average molecular weight is 392 g/mol. The normalized spacial score (nSPS) is 16.4. The van der Waals surface area contributed by atoms with Crippen LogP contribution in [0.5, 0.6) is 5.75 Å². The molecule has 2 aromatic carbocycles. The number of halogens is 1. The molecule has 1 atom stereocenters. The maximum Gasteiger partial charge on any atom is 0.215 e. The molecule has 0 saturated carbocycles. The van der Waals surface area contributed by atoms with Gasteiger partial charge in [0.1, 0.15) is 11.6 Å². The lowest BCUT2D eigenvalue weighted by Crippen LogP contribution is -2.37. The van der Waals surface area contributed by atoms with Gasteiger partial charge in [-0.15, -0.1) is 0 Å². The van der Waals surface area contributed by atoms with Crippen LogP contribution in [-0.4, -0.2) is 40.1 Å². The number of methoxy groups -OCH3 is 1. The first-order valence-electron chi connectivity index (χ1n) is 9.06. The van der Waals surface area contributed by atoms with Gasteiger partial charge in [-0.2, -0.15) is 0 Å². The van der Waals surface area contributed by atoms with Crippen molar-refractivity contribution in [1.29, 1.82) is 0 Å². The monoisotopic (exact) mass is 392 g/mol. The van der Waals surface area contributed by atoms with Crippen molar-refractivity contribution in [3.63, 3.8) is 0 Å². The zero-order valence-corrected chi connectivity index (χ0v) is 16.2. The molecule has 0 aliphatic carbocycles. The Morgan fingerprint density at radius 2 is 1.85 bits per heavy atom. The summed E-state index contributed by atoms with van der Waals surface area (Å²) < 4.78 is 46.1. The summed E-state index contributed by atoms with van der Waals surface area (Å²) in [5.74, 6) is 0.208. The number of benzene rings is 2. The molecule has 0 aromatic heterocycles. The average Bonchev–Trinajstić information content (AvgIpc) is 3.18. The van der Waals surface area contributed by atoms with Crippen LogP contribution in [0.4, 0.5) is 4.39 Å². The molecule has 1 N–H and O–H groups in total. The van der Waals surface area contributed by atoms with E-state index in [9.17, 15) is 12.8 Å². The summed E-state index contributed by atoms with van der Waals surface area (Å²) in [7, 11) is -1.91. The van der Waals surface area contributed by atoms with Gasteiger partial charge in [-0.25, -0.2) is 17.5 Å². The Morgan fingerprint density at radius 1 is 1.15 bits per heavy atom. The predicted octanol–water partition coefficient (Wildman–Crippen LogP) is 3.09. The summed E-state index contributed by atoms with van der Waals surface area (Å²) >= 11 is 0. The minimum atomic E-state index is -3.53. The summed E-state index contributed by atoms with van der Waals surface area (Å²) in [5.41, 5.74) is 1.59. The van der Waals surface area contributed by atoms with Crippen LogP contribution in [0, 0.1) is 5.82 Å². The highest BCUT2D eigenvalue weighted by Gasteiger charge is 2.25. The molecule has 3 rings (SSSR count). The third-order valence-corrected chi connectivity index (χ3v) is 6.15. The predicted molar refractivity (Wildman–Crippen MR) is 104 cm³/mol. The number of sulfonamides is 1. The second-order valence-corrected chi connectivity index (χ2v) is 8.58. The van der Waals surface area contributed by atoms with Crippen LogP contribution in [0.25, 0.3) is 0 Å². The van der Waals surface area contributed by atoms with E-state index in [2.05, 4.69) is 9.62 Å². The van der Waals surface area contributed by atoms with Crippen molar-refractivity contribution in [2.24, 2.45) is 0 Å². The summed E-state index contributed by atoms with van der Waals surface area (Å²) in [6.45, 7) is 2.18. The van der Waals surface area contributed by atoms with Crippen LogP contribution in [-0.2, 0) is 15.8 Å². The summed E-state index contributed by atoms with van der Waals surface area (Å²) in [4.78, 5) is 2.30. The van der Waals surface area contributed by atoms with Crippen LogP contribution < -0.4 is 9.46 Å². The number of hydrogen-bond acceptors (Lipinski definition) is 4. The van der Waals surface area contributed by atoms with Crippen LogP contribution in [0.3, 0.4) is 0 Å². The minimum absolute atomic E-state index is 0.0504. The fourth-order valence-electron chi connectivity index (χ4n) is 3.42. The first kappa shape index (κ1) is 19.8. The van der Waals surface area contributed by atoms with Gasteiger partial charge in [-0.3, -0.25) is 4.90 Å². The quantitative estimate of drug-likeness (QED) is 0.750. The van der Waals surface area contributed by atoms with Gasteiger partial charge in [0.2, 0.25) is 10.0 Å². The number of hydrogen-bond donors (Lipinski definition) is 1. The maximum atomic E-state index is 13.0. The molecule has 1 heterocycles. The van der Waals surface area contributed by atoms with Gasteiger partial charge in [-0.1, -0.05) is 24.3 Å². The lowest BCUT2D eigenvalue weighted by molar-refractivity contribution is 0.246. The molecule has 0 spiro atoms. The van der Waals surface area contributed by atoms with E-state index in [1.54, 1.807) is 7.11 Å². The summed E-state index contributed by atoms with van der Waals surface area (Å²) in [5, 5.41) is 0. The van der Waals surface area contributed by atoms with Gasteiger partial charge < -0.3 is 4.74 Å². The summed E-state index contributed by atoms with van der Waals surface area (Å²) in [6.07, 6.45) is 2.23. The van der Waals surface area contributed by atoms with Crippen molar-refractivity contribution in [3.8, 4) is 5.75 Å². The summed E-state index contributed by atoms with van der Waals surface area (Å²) in [6, 6.07) is 13.2. The number of nitrogens with one attached hydrogen (secondary N) is 1. The van der Waals surface area contributed by atoms with Crippen molar-refractivity contribution in [3.05, 3.63) is 65.5 Å². The first-order chi connectivity index (χ1) is 13.0. The zero-order valence-electron chi connectivity index (χ0n) is 15.4. The van der Waals surface area contributed by atoms with Gasteiger partial charge in [0, 0.05) is 12.6 Å². The van der Waals surface area contributed by atoms with E-state index in [-0.39, 0.29) is 24.2 Å². The van der Waals surface area contributed by atoms with Crippen molar-refractivity contribution in [2.75, 3.05) is 26.7 Å². The topological polar surface area (TPSA) is 58.6 Å². The van der Waals surface area contributed by atoms with E-state index in [4.69, 9.17) is 4.74 Å². The molecule has 1 aliphatic heterocycles. The highest BCUT2D eigenvalue weighted by Crippen LogP contribution is 2.27. The van der Waals surface area contributed by atoms with Gasteiger partial charge in [0.25, 0.3) is 0 Å². The van der Waals surface area contributed by atoms with E-state index < -0.39 is 10.0 Å². The molecule has 0 amide bonds. The Balaban J connectivity index is 1.72. The fraction of sp³-hybridized carbons (Fsp3) is 0.400. The molecule has 1 saturated heterocycles. The standard InChI is InChI=1S/C20H25FN2O3S/c1-26-19-6-4-5-17(13-19)20(23-11-2-3-12-23)14-22-27(24,25)15-16-7-9-18(21)10-8-16/h4-10,13,20,22H,2-3,11-12,14-15H2,1H3. The molecular weight excluding hydrogens is 367 g/mol. The Kier molecular flexibility index (Phi) is 6.46. The Hall–Kier alpha value is -1.96. The Bertz CT molecular complexity index is 850.